The van der Waals surface area contributed by atoms with Gasteiger partial charge in [-0.25, -0.2) is 0 Å². The third-order valence-electron chi connectivity index (χ3n) is 3.52. The van der Waals surface area contributed by atoms with Crippen LogP contribution in [-0.4, -0.2) is 25.7 Å². The van der Waals surface area contributed by atoms with Crippen LogP contribution >= 0.6 is 0 Å². The normalized spacial score (nSPS) is 13.8. The molecule has 6 heteroatoms. The predicted octanol–water partition coefficient (Wildman–Crippen LogP) is 1.25. The lowest BCUT2D eigenvalue weighted by molar-refractivity contribution is 0.0949. The van der Waals surface area contributed by atoms with Gasteiger partial charge in [-0.1, -0.05) is 0 Å². The molecule has 0 atom stereocenters. The van der Waals surface area contributed by atoms with Crippen molar-refractivity contribution < 1.29 is 4.79 Å². The van der Waals surface area contributed by atoms with E-state index in [9.17, 15) is 4.79 Å². The Morgan fingerprint density at radius 2 is 2.25 bits per heavy atom. The molecule has 3 heterocycles. The summed E-state index contributed by atoms with van der Waals surface area (Å²) in [5.41, 5.74) is 1.46. The van der Waals surface area contributed by atoms with Crippen LogP contribution in [0.15, 0.2) is 18.3 Å². The first-order chi connectivity index (χ1) is 9.74. The van der Waals surface area contributed by atoms with Gasteiger partial charge >= 0.3 is 0 Å². The van der Waals surface area contributed by atoms with Gasteiger partial charge in [-0.2, -0.15) is 0 Å². The minimum atomic E-state index is -0.134. The van der Waals surface area contributed by atoms with Crippen molar-refractivity contribution in [3.8, 4) is 0 Å². The standard InChI is InChI=1S/C14H17N5O/c1-10-5-6-11(8-15-10)14(20)16-9-13-18-17-12-4-2-3-7-19(12)13/h5-6,8H,2-4,7,9H2,1H3,(H,16,20). The Balaban J connectivity index is 1.66. The summed E-state index contributed by atoms with van der Waals surface area (Å²) in [4.78, 5) is 16.1. The first-order valence-electron chi connectivity index (χ1n) is 6.86. The first kappa shape index (κ1) is 12.8. The number of rotatable bonds is 3. The fourth-order valence-electron chi connectivity index (χ4n) is 2.36. The number of hydrogen-bond acceptors (Lipinski definition) is 4. The summed E-state index contributed by atoms with van der Waals surface area (Å²) in [6.07, 6.45) is 4.88. The van der Waals surface area contributed by atoms with Crippen LogP contribution < -0.4 is 5.32 Å². The lowest BCUT2D eigenvalue weighted by Gasteiger charge is -2.14. The molecule has 104 valence electrons. The second-order valence-electron chi connectivity index (χ2n) is 5.01. The van der Waals surface area contributed by atoms with E-state index in [1.165, 1.54) is 6.42 Å². The van der Waals surface area contributed by atoms with Gasteiger partial charge in [0.05, 0.1) is 12.1 Å². The average Bonchev–Trinajstić information content (AvgIpc) is 2.89. The number of carbonyl (C=O) groups excluding carboxylic acids is 1. The smallest absolute Gasteiger partial charge is 0.253 e. The highest BCUT2D eigenvalue weighted by Gasteiger charge is 2.16. The SMILES string of the molecule is Cc1ccc(C(=O)NCc2nnc3n2CCCC3)cn1. The van der Waals surface area contributed by atoms with Gasteiger partial charge in [0.2, 0.25) is 0 Å². The lowest BCUT2D eigenvalue weighted by atomic mass is 10.2. The summed E-state index contributed by atoms with van der Waals surface area (Å²) in [6.45, 7) is 3.24. The van der Waals surface area contributed by atoms with Crippen LogP contribution in [0.25, 0.3) is 0 Å². The van der Waals surface area contributed by atoms with Crippen molar-refractivity contribution in [2.24, 2.45) is 0 Å². The number of aromatic nitrogens is 4. The number of aryl methyl sites for hydroxylation is 2. The van der Waals surface area contributed by atoms with Crippen molar-refractivity contribution in [2.45, 2.75) is 39.3 Å². The van der Waals surface area contributed by atoms with E-state index < -0.39 is 0 Å². The number of carbonyl (C=O) groups is 1. The van der Waals surface area contributed by atoms with Gasteiger partial charge in [0.1, 0.15) is 5.82 Å². The molecule has 0 fully saturated rings. The Hall–Kier alpha value is -2.24. The van der Waals surface area contributed by atoms with Crippen LogP contribution in [0.3, 0.4) is 0 Å². The summed E-state index contributed by atoms with van der Waals surface area (Å²) in [7, 11) is 0. The number of fused-ring (bicyclic) bond motifs is 1. The molecule has 6 nitrogen and oxygen atoms in total. The predicted molar refractivity (Wildman–Crippen MR) is 73.1 cm³/mol. The molecule has 3 rings (SSSR count). The van der Waals surface area contributed by atoms with Gasteiger partial charge in [0, 0.05) is 24.9 Å². The van der Waals surface area contributed by atoms with Crippen molar-refractivity contribution in [2.75, 3.05) is 0 Å². The zero-order chi connectivity index (χ0) is 13.9. The maximum absolute atomic E-state index is 12.0. The number of nitrogens with zero attached hydrogens (tertiary/aromatic N) is 4. The summed E-state index contributed by atoms with van der Waals surface area (Å²) in [5, 5.41) is 11.2. The van der Waals surface area contributed by atoms with E-state index in [0.29, 0.717) is 12.1 Å². The molecule has 1 N–H and O–H groups in total. The Morgan fingerprint density at radius 1 is 1.35 bits per heavy atom. The molecule has 0 radical (unpaired) electrons. The highest BCUT2D eigenvalue weighted by molar-refractivity contribution is 5.93. The van der Waals surface area contributed by atoms with E-state index in [-0.39, 0.29) is 5.91 Å². The average molecular weight is 271 g/mol. The largest absolute Gasteiger partial charge is 0.345 e. The van der Waals surface area contributed by atoms with Crippen LogP contribution in [-0.2, 0) is 19.5 Å². The Kier molecular flexibility index (Phi) is 3.45. The topological polar surface area (TPSA) is 72.7 Å². The Morgan fingerprint density at radius 3 is 3.05 bits per heavy atom. The fourth-order valence-corrected chi connectivity index (χ4v) is 2.36. The van der Waals surface area contributed by atoms with Crippen molar-refractivity contribution in [1.82, 2.24) is 25.1 Å². The highest BCUT2D eigenvalue weighted by atomic mass is 16.1. The van der Waals surface area contributed by atoms with E-state index >= 15 is 0 Å². The third kappa shape index (κ3) is 2.54. The Bertz CT molecular complexity index is 617. The molecule has 1 aliphatic heterocycles. The molecule has 0 spiro atoms. The maximum atomic E-state index is 12.0. The molecule has 1 aliphatic rings. The maximum Gasteiger partial charge on any atom is 0.253 e. The van der Waals surface area contributed by atoms with Gasteiger partial charge < -0.3 is 9.88 Å². The molecular weight excluding hydrogens is 254 g/mol. The molecule has 1 amide bonds. The van der Waals surface area contributed by atoms with Crippen LogP contribution in [0.4, 0.5) is 0 Å². The molecule has 2 aromatic heterocycles. The summed E-state index contributed by atoms with van der Waals surface area (Å²) >= 11 is 0. The van der Waals surface area contributed by atoms with Crippen molar-refractivity contribution in [3.05, 3.63) is 41.2 Å². The zero-order valence-corrected chi connectivity index (χ0v) is 11.5. The monoisotopic (exact) mass is 271 g/mol. The van der Waals surface area contributed by atoms with Crippen LogP contribution in [0, 0.1) is 6.92 Å². The van der Waals surface area contributed by atoms with E-state index in [1.807, 2.05) is 13.0 Å². The van der Waals surface area contributed by atoms with Crippen LogP contribution in [0.2, 0.25) is 0 Å². The summed E-state index contributed by atoms with van der Waals surface area (Å²) in [6, 6.07) is 3.60. The van der Waals surface area contributed by atoms with E-state index in [0.717, 1.165) is 36.7 Å². The fraction of sp³-hybridized carbons (Fsp3) is 0.429. The van der Waals surface area contributed by atoms with Gasteiger partial charge in [-0.15, -0.1) is 10.2 Å². The molecule has 0 saturated heterocycles. The van der Waals surface area contributed by atoms with E-state index in [4.69, 9.17) is 0 Å². The number of nitrogens with one attached hydrogen (secondary N) is 1. The van der Waals surface area contributed by atoms with Gasteiger partial charge in [0.15, 0.2) is 5.82 Å². The van der Waals surface area contributed by atoms with Gasteiger partial charge in [-0.3, -0.25) is 9.78 Å². The van der Waals surface area contributed by atoms with Crippen molar-refractivity contribution in [1.29, 1.82) is 0 Å². The van der Waals surface area contributed by atoms with Crippen molar-refractivity contribution >= 4 is 5.91 Å². The molecular formula is C14H17N5O. The lowest BCUT2D eigenvalue weighted by Crippen LogP contribution is -2.25. The minimum Gasteiger partial charge on any atom is -0.345 e. The molecule has 0 aromatic carbocycles. The van der Waals surface area contributed by atoms with Gasteiger partial charge in [0.25, 0.3) is 5.91 Å². The zero-order valence-electron chi connectivity index (χ0n) is 11.5. The first-order valence-corrected chi connectivity index (χ1v) is 6.86. The molecule has 0 unspecified atom stereocenters. The van der Waals surface area contributed by atoms with E-state index in [2.05, 4.69) is 25.1 Å². The van der Waals surface area contributed by atoms with Crippen molar-refractivity contribution in [3.63, 3.8) is 0 Å². The van der Waals surface area contributed by atoms with Crippen LogP contribution in [0.1, 0.15) is 40.5 Å². The van der Waals surface area contributed by atoms with E-state index in [1.54, 1.807) is 12.3 Å². The third-order valence-corrected chi connectivity index (χ3v) is 3.52. The second kappa shape index (κ2) is 5.40. The molecule has 0 saturated carbocycles. The number of amides is 1. The molecule has 0 bridgehead atoms. The molecule has 20 heavy (non-hydrogen) atoms. The summed E-state index contributed by atoms with van der Waals surface area (Å²) < 4.78 is 2.11. The minimum absolute atomic E-state index is 0.134. The molecule has 0 aliphatic carbocycles. The Labute approximate surface area is 117 Å². The molecule has 2 aromatic rings. The quantitative estimate of drug-likeness (QED) is 0.911. The second-order valence-corrected chi connectivity index (χ2v) is 5.01. The number of pyridine rings is 1. The highest BCUT2D eigenvalue weighted by Crippen LogP contribution is 2.14. The van der Waals surface area contributed by atoms with Gasteiger partial charge in [-0.05, 0) is 31.9 Å². The summed E-state index contributed by atoms with van der Waals surface area (Å²) in [5.74, 6) is 1.72. The van der Waals surface area contributed by atoms with Crippen LogP contribution in [0.5, 0.6) is 0 Å². The number of hydrogen-bond donors (Lipinski definition) is 1.